The average molecular weight is 368 g/mol. The Bertz CT molecular complexity index is 892. The van der Waals surface area contributed by atoms with E-state index in [4.69, 9.17) is 17.0 Å². The third kappa shape index (κ3) is 3.41. The van der Waals surface area contributed by atoms with Gasteiger partial charge in [-0.25, -0.2) is 0 Å². The van der Waals surface area contributed by atoms with Crippen LogP contribution in [0.4, 0.5) is 5.69 Å². The topological polar surface area (TPSA) is 61.8 Å². The molecule has 0 bridgehead atoms. The number of anilines is 1. The number of carbonyl (C=O) groups is 1. The minimum Gasteiger partial charge on any atom is -0.504 e. The molecule has 3 rings (SSSR count). The summed E-state index contributed by atoms with van der Waals surface area (Å²) in [6, 6.07) is 12.7. The van der Waals surface area contributed by atoms with Crippen LogP contribution in [-0.2, 0) is 11.2 Å². The molecule has 6 heteroatoms. The second-order valence-corrected chi connectivity index (χ2v) is 6.16. The SMILES string of the molecule is CCOc1cc(/C=C2/NC(=S)N(c3ccccc3CC)C2=O)ccc1O. The van der Waals surface area contributed by atoms with Crippen LogP contribution in [0.25, 0.3) is 6.08 Å². The van der Waals surface area contributed by atoms with E-state index in [-0.39, 0.29) is 11.7 Å². The molecule has 2 aromatic carbocycles. The number of aromatic hydroxyl groups is 1. The van der Waals surface area contributed by atoms with E-state index >= 15 is 0 Å². The Labute approximate surface area is 157 Å². The van der Waals surface area contributed by atoms with E-state index in [1.54, 1.807) is 24.3 Å². The quantitative estimate of drug-likeness (QED) is 0.624. The summed E-state index contributed by atoms with van der Waals surface area (Å²) in [7, 11) is 0. The number of para-hydroxylation sites is 1. The molecule has 1 aliphatic rings. The molecule has 1 aliphatic heterocycles. The molecule has 2 N–H and O–H groups in total. The van der Waals surface area contributed by atoms with Gasteiger partial charge in [0, 0.05) is 0 Å². The van der Waals surface area contributed by atoms with Crippen molar-refractivity contribution in [1.29, 1.82) is 0 Å². The zero-order valence-corrected chi connectivity index (χ0v) is 15.5. The molecule has 0 unspecified atom stereocenters. The van der Waals surface area contributed by atoms with Crippen LogP contribution in [0.2, 0.25) is 0 Å². The van der Waals surface area contributed by atoms with Crippen molar-refractivity contribution in [2.75, 3.05) is 11.5 Å². The lowest BCUT2D eigenvalue weighted by Gasteiger charge is -2.17. The van der Waals surface area contributed by atoms with Crippen LogP contribution >= 0.6 is 12.2 Å². The van der Waals surface area contributed by atoms with Gasteiger partial charge in [0.25, 0.3) is 5.91 Å². The fourth-order valence-corrected chi connectivity index (χ4v) is 3.13. The Balaban J connectivity index is 1.94. The molecule has 1 amide bonds. The number of rotatable bonds is 5. The zero-order valence-electron chi connectivity index (χ0n) is 14.7. The molecular weight excluding hydrogens is 348 g/mol. The molecule has 0 saturated carbocycles. The van der Waals surface area contributed by atoms with Crippen molar-refractivity contribution in [1.82, 2.24) is 5.32 Å². The minimum atomic E-state index is -0.207. The first-order valence-electron chi connectivity index (χ1n) is 8.46. The van der Waals surface area contributed by atoms with Crippen LogP contribution in [0.15, 0.2) is 48.2 Å². The second kappa shape index (κ2) is 7.58. The molecule has 0 aliphatic carbocycles. The maximum Gasteiger partial charge on any atom is 0.281 e. The highest BCUT2D eigenvalue weighted by molar-refractivity contribution is 7.80. The van der Waals surface area contributed by atoms with Gasteiger partial charge in [-0.05, 0) is 61.0 Å². The van der Waals surface area contributed by atoms with Crippen molar-refractivity contribution in [3.63, 3.8) is 0 Å². The first-order chi connectivity index (χ1) is 12.5. The van der Waals surface area contributed by atoms with E-state index in [2.05, 4.69) is 5.32 Å². The lowest BCUT2D eigenvalue weighted by molar-refractivity contribution is -0.113. The molecule has 1 heterocycles. The van der Waals surface area contributed by atoms with Crippen LogP contribution in [0.1, 0.15) is 25.0 Å². The van der Waals surface area contributed by atoms with Crippen molar-refractivity contribution in [3.05, 3.63) is 59.3 Å². The summed E-state index contributed by atoms with van der Waals surface area (Å²) >= 11 is 5.38. The number of phenolic OH excluding ortho intramolecular Hbond substituents is 1. The van der Waals surface area contributed by atoms with E-state index in [0.29, 0.717) is 23.2 Å². The molecule has 5 nitrogen and oxygen atoms in total. The van der Waals surface area contributed by atoms with Crippen molar-refractivity contribution in [2.24, 2.45) is 0 Å². The molecule has 0 radical (unpaired) electrons. The first kappa shape index (κ1) is 17.9. The normalized spacial score (nSPS) is 15.5. The third-order valence-electron chi connectivity index (χ3n) is 4.09. The largest absolute Gasteiger partial charge is 0.504 e. The van der Waals surface area contributed by atoms with E-state index in [1.165, 1.54) is 4.90 Å². The Kier molecular flexibility index (Phi) is 5.23. The number of amides is 1. The Morgan fingerprint density at radius 1 is 1.23 bits per heavy atom. The standard InChI is InChI=1S/C20H20N2O3S/c1-3-14-7-5-6-8-16(14)22-19(24)15(21-20(22)26)11-13-9-10-17(23)18(12-13)25-4-2/h5-12,23H,3-4H2,1-2H3,(H,21,26)/b15-11+. The van der Waals surface area contributed by atoms with Gasteiger partial charge in [0.05, 0.1) is 12.3 Å². The van der Waals surface area contributed by atoms with Crippen molar-refractivity contribution >= 4 is 35.0 Å². The fraction of sp³-hybridized carbons (Fsp3) is 0.200. The molecule has 0 aromatic heterocycles. The van der Waals surface area contributed by atoms with E-state index in [1.807, 2.05) is 38.1 Å². The van der Waals surface area contributed by atoms with Gasteiger partial charge in [-0.1, -0.05) is 31.2 Å². The fourth-order valence-electron chi connectivity index (χ4n) is 2.84. The van der Waals surface area contributed by atoms with E-state index in [9.17, 15) is 9.90 Å². The molecule has 0 atom stereocenters. The van der Waals surface area contributed by atoms with Crippen LogP contribution in [0.5, 0.6) is 11.5 Å². The summed E-state index contributed by atoms with van der Waals surface area (Å²) in [4.78, 5) is 14.4. The summed E-state index contributed by atoms with van der Waals surface area (Å²) in [6.07, 6.45) is 2.50. The van der Waals surface area contributed by atoms with Crippen molar-refractivity contribution in [2.45, 2.75) is 20.3 Å². The van der Waals surface area contributed by atoms with Gasteiger partial charge in [-0.2, -0.15) is 0 Å². The molecule has 134 valence electrons. The highest BCUT2D eigenvalue weighted by Crippen LogP contribution is 2.29. The smallest absolute Gasteiger partial charge is 0.281 e. The number of hydrogen-bond donors (Lipinski definition) is 2. The zero-order chi connectivity index (χ0) is 18.7. The molecule has 1 fully saturated rings. The van der Waals surface area contributed by atoms with Gasteiger partial charge >= 0.3 is 0 Å². The van der Waals surface area contributed by atoms with Crippen LogP contribution in [0.3, 0.4) is 0 Å². The van der Waals surface area contributed by atoms with Crippen molar-refractivity contribution < 1.29 is 14.6 Å². The second-order valence-electron chi connectivity index (χ2n) is 5.77. The van der Waals surface area contributed by atoms with Gasteiger partial charge < -0.3 is 15.2 Å². The highest BCUT2D eigenvalue weighted by atomic mass is 32.1. The lowest BCUT2D eigenvalue weighted by Crippen LogP contribution is -2.31. The number of hydrogen-bond acceptors (Lipinski definition) is 4. The molecule has 1 saturated heterocycles. The highest BCUT2D eigenvalue weighted by Gasteiger charge is 2.32. The molecule has 26 heavy (non-hydrogen) atoms. The summed E-state index contributed by atoms with van der Waals surface area (Å²) in [6.45, 7) is 4.32. The number of aryl methyl sites for hydroxylation is 1. The molecule has 0 spiro atoms. The van der Waals surface area contributed by atoms with Crippen LogP contribution in [0, 0.1) is 0 Å². The minimum absolute atomic E-state index is 0.0636. The van der Waals surface area contributed by atoms with E-state index < -0.39 is 0 Å². The predicted octanol–water partition coefficient (Wildman–Crippen LogP) is 3.62. The van der Waals surface area contributed by atoms with Gasteiger partial charge in [0.2, 0.25) is 0 Å². The maximum atomic E-state index is 12.9. The number of benzene rings is 2. The summed E-state index contributed by atoms with van der Waals surface area (Å²) in [5, 5.41) is 13.1. The third-order valence-corrected chi connectivity index (χ3v) is 4.37. The van der Waals surface area contributed by atoms with E-state index in [0.717, 1.165) is 23.2 Å². The lowest BCUT2D eigenvalue weighted by atomic mass is 10.1. The number of nitrogens with zero attached hydrogens (tertiary/aromatic N) is 1. The Hall–Kier alpha value is -2.86. The van der Waals surface area contributed by atoms with Crippen LogP contribution < -0.4 is 15.0 Å². The number of phenols is 1. The number of carbonyl (C=O) groups excluding carboxylic acids is 1. The number of ether oxygens (including phenoxy) is 1. The van der Waals surface area contributed by atoms with Gasteiger partial charge in [-0.3, -0.25) is 9.69 Å². The van der Waals surface area contributed by atoms with Crippen LogP contribution in [-0.4, -0.2) is 22.7 Å². The van der Waals surface area contributed by atoms with Gasteiger partial charge in [-0.15, -0.1) is 0 Å². The number of thiocarbonyl (C=S) groups is 1. The Morgan fingerprint density at radius 2 is 2.00 bits per heavy atom. The monoisotopic (exact) mass is 368 g/mol. The Morgan fingerprint density at radius 3 is 2.73 bits per heavy atom. The molecule has 2 aromatic rings. The van der Waals surface area contributed by atoms with Crippen molar-refractivity contribution in [3.8, 4) is 11.5 Å². The molecular formula is C20H20N2O3S. The predicted molar refractivity (Wildman–Crippen MR) is 106 cm³/mol. The summed E-state index contributed by atoms with van der Waals surface area (Å²) in [5.74, 6) is 0.235. The van der Waals surface area contributed by atoms with Gasteiger partial charge in [0.15, 0.2) is 16.6 Å². The summed E-state index contributed by atoms with van der Waals surface area (Å²) < 4.78 is 5.39. The summed E-state index contributed by atoms with van der Waals surface area (Å²) in [5.41, 5.74) is 2.96. The number of nitrogens with one attached hydrogen (secondary N) is 1. The maximum absolute atomic E-state index is 12.9. The first-order valence-corrected chi connectivity index (χ1v) is 8.86. The average Bonchev–Trinajstić information content (AvgIpc) is 2.91. The van der Waals surface area contributed by atoms with Gasteiger partial charge in [0.1, 0.15) is 5.70 Å².